The summed E-state index contributed by atoms with van der Waals surface area (Å²) in [4.78, 5) is 0. The van der Waals surface area contributed by atoms with Crippen LogP contribution in [0.1, 0.15) is 5.56 Å². The van der Waals surface area contributed by atoms with E-state index in [1.54, 1.807) is 7.11 Å². The molecule has 1 N–H and O–H groups in total. The fourth-order valence-electron chi connectivity index (χ4n) is 1.05. The summed E-state index contributed by atoms with van der Waals surface area (Å²) in [7, 11) is 1.60. The molecule has 12 heavy (non-hydrogen) atoms. The van der Waals surface area contributed by atoms with Crippen molar-refractivity contribution < 1.29 is 9.84 Å². The Labute approximate surface area is 76.7 Å². The number of hydrogen-bond acceptors (Lipinski definition) is 2. The second-order valence-electron chi connectivity index (χ2n) is 2.45. The van der Waals surface area contributed by atoms with Gasteiger partial charge in [-0.2, -0.15) is 0 Å². The van der Waals surface area contributed by atoms with Crippen molar-refractivity contribution in [1.82, 2.24) is 0 Å². The summed E-state index contributed by atoms with van der Waals surface area (Å²) in [6.45, 7) is 0. The van der Waals surface area contributed by atoms with Crippen molar-refractivity contribution in [3.63, 3.8) is 0 Å². The van der Waals surface area contributed by atoms with Crippen LogP contribution in [0.15, 0.2) is 24.3 Å². The number of alkyl halides is 1. The minimum absolute atomic E-state index is 0.408. The predicted octanol–water partition coefficient (Wildman–Crippen LogP) is 1.79. The van der Waals surface area contributed by atoms with Crippen LogP contribution in [-0.4, -0.2) is 17.8 Å². The van der Waals surface area contributed by atoms with Gasteiger partial charge in [-0.15, -0.1) is 0 Å². The van der Waals surface area contributed by atoms with Crippen LogP contribution in [0.4, 0.5) is 0 Å². The quantitative estimate of drug-likeness (QED) is 0.730. The van der Waals surface area contributed by atoms with Gasteiger partial charge in [-0.3, -0.25) is 0 Å². The number of rotatable bonds is 3. The minimum atomic E-state index is -0.846. The zero-order valence-corrected chi connectivity index (χ0v) is 7.58. The molecule has 0 aromatic heterocycles. The molecule has 1 aromatic rings. The van der Waals surface area contributed by atoms with E-state index in [9.17, 15) is 0 Å². The number of halogens is 1. The van der Waals surface area contributed by atoms with Crippen LogP contribution in [0.25, 0.3) is 0 Å². The molecule has 0 spiro atoms. The average molecular weight is 187 g/mol. The third-order valence-corrected chi connectivity index (χ3v) is 1.74. The fourth-order valence-corrected chi connectivity index (χ4v) is 1.22. The second-order valence-corrected chi connectivity index (χ2v) is 2.95. The predicted molar refractivity (Wildman–Crippen MR) is 48.6 cm³/mol. The standard InChI is InChI=1S/C9H11ClO2/c1-12-8-5-3-2-4-7(8)6-9(10)11/h2-5,9,11H,6H2,1H3. The number of aliphatic hydroxyl groups is 1. The van der Waals surface area contributed by atoms with E-state index in [0.717, 1.165) is 11.3 Å². The highest BCUT2D eigenvalue weighted by Crippen LogP contribution is 2.19. The highest BCUT2D eigenvalue weighted by Gasteiger charge is 2.05. The first-order valence-electron chi connectivity index (χ1n) is 3.68. The Hall–Kier alpha value is -0.730. The van der Waals surface area contributed by atoms with Crippen LogP contribution in [0.5, 0.6) is 5.75 Å². The van der Waals surface area contributed by atoms with Gasteiger partial charge in [0, 0.05) is 6.42 Å². The fraction of sp³-hybridized carbons (Fsp3) is 0.333. The van der Waals surface area contributed by atoms with E-state index in [1.165, 1.54) is 0 Å². The topological polar surface area (TPSA) is 29.5 Å². The van der Waals surface area contributed by atoms with Crippen molar-refractivity contribution in [2.75, 3.05) is 7.11 Å². The Kier molecular flexibility index (Phi) is 3.38. The molecule has 2 nitrogen and oxygen atoms in total. The van der Waals surface area contributed by atoms with Crippen LogP contribution in [0.3, 0.4) is 0 Å². The smallest absolute Gasteiger partial charge is 0.132 e. The Morgan fingerprint density at radius 1 is 1.50 bits per heavy atom. The molecule has 0 aliphatic heterocycles. The molecule has 0 radical (unpaired) electrons. The van der Waals surface area contributed by atoms with Crippen LogP contribution < -0.4 is 4.74 Å². The van der Waals surface area contributed by atoms with Gasteiger partial charge in [0.05, 0.1) is 7.11 Å². The lowest BCUT2D eigenvalue weighted by Crippen LogP contribution is -2.02. The minimum Gasteiger partial charge on any atom is -0.496 e. The Morgan fingerprint density at radius 2 is 2.17 bits per heavy atom. The molecule has 3 heteroatoms. The van der Waals surface area contributed by atoms with Gasteiger partial charge in [0.2, 0.25) is 0 Å². The van der Waals surface area contributed by atoms with Gasteiger partial charge in [-0.25, -0.2) is 0 Å². The summed E-state index contributed by atoms with van der Waals surface area (Å²) in [6, 6.07) is 7.49. The zero-order chi connectivity index (χ0) is 8.97. The number of aliphatic hydroxyl groups excluding tert-OH is 1. The van der Waals surface area contributed by atoms with Gasteiger partial charge in [0.15, 0.2) is 0 Å². The third-order valence-electron chi connectivity index (χ3n) is 1.58. The summed E-state index contributed by atoms with van der Waals surface area (Å²) in [5.74, 6) is 0.761. The molecule has 1 aromatic carbocycles. The zero-order valence-electron chi connectivity index (χ0n) is 6.83. The maximum atomic E-state index is 8.94. The maximum Gasteiger partial charge on any atom is 0.132 e. The lowest BCUT2D eigenvalue weighted by atomic mass is 10.1. The highest BCUT2D eigenvalue weighted by molar-refractivity contribution is 6.19. The van der Waals surface area contributed by atoms with Gasteiger partial charge in [0.1, 0.15) is 11.3 Å². The van der Waals surface area contributed by atoms with Crippen LogP contribution in [0, 0.1) is 0 Å². The van der Waals surface area contributed by atoms with Gasteiger partial charge in [-0.1, -0.05) is 29.8 Å². The molecular weight excluding hydrogens is 176 g/mol. The monoisotopic (exact) mass is 186 g/mol. The van der Waals surface area contributed by atoms with Crippen molar-refractivity contribution in [2.45, 2.75) is 12.0 Å². The normalized spacial score (nSPS) is 12.6. The van der Waals surface area contributed by atoms with Crippen molar-refractivity contribution in [3.8, 4) is 5.75 Å². The van der Waals surface area contributed by atoms with Gasteiger partial charge in [-0.05, 0) is 11.6 Å². The summed E-state index contributed by atoms with van der Waals surface area (Å²) < 4.78 is 5.08. The molecule has 0 saturated carbocycles. The van der Waals surface area contributed by atoms with E-state index in [2.05, 4.69) is 0 Å². The van der Waals surface area contributed by atoms with Crippen molar-refractivity contribution >= 4 is 11.6 Å². The van der Waals surface area contributed by atoms with Crippen molar-refractivity contribution in [3.05, 3.63) is 29.8 Å². The van der Waals surface area contributed by atoms with E-state index in [0.29, 0.717) is 6.42 Å². The van der Waals surface area contributed by atoms with Gasteiger partial charge in [0.25, 0.3) is 0 Å². The summed E-state index contributed by atoms with van der Waals surface area (Å²) in [5.41, 5.74) is 0.0730. The summed E-state index contributed by atoms with van der Waals surface area (Å²) in [6.07, 6.45) is 0.408. The average Bonchev–Trinajstić information content (AvgIpc) is 2.04. The molecule has 0 amide bonds. The molecule has 0 bridgehead atoms. The van der Waals surface area contributed by atoms with Crippen LogP contribution >= 0.6 is 11.6 Å². The third kappa shape index (κ3) is 2.40. The molecule has 1 unspecified atom stereocenters. The molecule has 0 aliphatic rings. The van der Waals surface area contributed by atoms with Gasteiger partial charge < -0.3 is 9.84 Å². The number of benzene rings is 1. The summed E-state index contributed by atoms with van der Waals surface area (Å²) >= 11 is 5.44. The largest absolute Gasteiger partial charge is 0.496 e. The number of hydrogen-bond donors (Lipinski definition) is 1. The van der Waals surface area contributed by atoms with E-state index >= 15 is 0 Å². The number of methoxy groups -OCH3 is 1. The first-order valence-corrected chi connectivity index (χ1v) is 4.11. The first kappa shape index (κ1) is 9.36. The maximum absolute atomic E-state index is 8.94. The molecule has 0 heterocycles. The molecular formula is C9H11ClO2. The van der Waals surface area contributed by atoms with E-state index in [-0.39, 0.29) is 0 Å². The van der Waals surface area contributed by atoms with Gasteiger partial charge >= 0.3 is 0 Å². The Morgan fingerprint density at radius 3 is 2.75 bits per heavy atom. The van der Waals surface area contributed by atoms with E-state index in [1.807, 2.05) is 24.3 Å². The second kappa shape index (κ2) is 4.33. The lowest BCUT2D eigenvalue weighted by Gasteiger charge is -2.07. The summed E-state index contributed by atoms with van der Waals surface area (Å²) in [5, 5.41) is 8.94. The molecule has 0 saturated heterocycles. The molecule has 0 fully saturated rings. The Bertz CT molecular complexity index is 248. The highest BCUT2D eigenvalue weighted by atomic mass is 35.5. The first-order chi connectivity index (χ1) is 5.74. The molecule has 66 valence electrons. The van der Waals surface area contributed by atoms with E-state index < -0.39 is 5.56 Å². The SMILES string of the molecule is COc1ccccc1CC(O)Cl. The van der Waals surface area contributed by atoms with Crippen molar-refractivity contribution in [2.24, 2.45) is 0 Å². The molecule has 1 atom stereocenters. The number of ether oxygens (including phenoxy) is 1. The van der Waals surface area contributed by atoms with Crippen LogP contribution in [0.2, 0.25) is 0 Å². The molecule has 1 rings (SSSR count). The van der Waals surface area contributed by atoms with Crippen molar-refractivity contribution in [1.29, 1.82) is 0 Å². The number of para-hydroxylation sites is 1. The van der Waals surface area contributed by atoms with E-state index in [4.69, 9.17) is 21.4 Å². The molecule has 0 aliphatic carbocycles. The lowest BCUT2D eigenvalue weighted by molar-refractivity contribution is 0.255. The van der Waals surface area contributed by atoms with Crippen LogP contribution in [-0.2, 0) is 6.42 Å². The Balaban J connectivity index is 2.82.